The van der Waals surface area contributed by atoms with E-state index in [9.17, 15) is 9.59 Å². The number of hydrogen-bond acceptors (Lipinski definition) is 6. The number of fused-ring (bicyclic) bond motifs is 1. The molecule has 2 N–H and O–H groups in total. The lowest BCUT2D eigenvalue weighted by Gasteiger charge is -2.14. The number of carbonyl (C=O) groups excluding carboxylic acids is 2. The Labute approximate surface area is 200 Å². The average molecular weight is 478 g/mol. The number of ether oxygens (including phenoxy) is 3. The van der Waals surface area contributed by atoms with Crippen LogP contribution in [0.5, 0.6) is 23.0 Å². The summed E-state index contributed by atoms with van der Waals surface area (Å²) >= 11 is 6.36. The Bertz CT molecular complexity index is 1360. The van der Waals surface area contributed by atoms with Gasteiger partial charge >= 0.3 is 6.09 Å². The van der Waals surface area contributed by atoms with Crippen LogP contribution in [0.1, 0.15) is 6.92 Å². The molecule has 4 rings (SSSR count). The van der Waals surface area contributed by atoms with E-state index >= 15 is 0 Å². The summed E-state index contributed by atoms with van der Waals surface area (Å²) in [4.78, 5) is 28.1. The van der Waals surface area contributed by atoms with E-state index in [-0.39, 0.29) is 10.9 Å². The number of methoxy groups -OCH3 is 1. The summed E-state index contributed by atoms with van der Waals surface area (Å²) < 4.78 is 16.6. The van der Waals surface area contributed by atoms with E-state index in [1.54, 1.807) is 66.9 Å². The summed E-state index contributed by atoms with van der Waals surface area (Å²) in [5.41, 5.74) is 1.48. The van der Waals surface area contributed by atoms with Gasteiger partial charge in [-0.25, -0.2) is 4.79 Å². The lowest BCUT2D eigenvalue weighted by atomic mass is 10.1. The lowest BCUT2D eigenvalue weighted by molar-refractivity contribution is -0.114. The molecule has 1 heterocycles. The van der Waals surface area contributed by atoms with Crippen LogP contribution < -0.4 is 24.8 Å². The number of rotatable bonds is 6. The highest BCUT2D eigenvalue weighted by atomic mass is 35.5. The Hall–Kier alpha value is -4.30. The van der Waals surface area contributed by atoms with Gasteiger partial charge < -0.3 is 19.5 Å². The maximum absolute atomic E-state index is 12.1. The second-order valence-electron chi connectivity index (χ2n) is 7.13. The van der Waals surface area contributed by atoms with Crippen LogP contribution in [-0.2, 0) is 4.79 Å². The Morgan fingerprint density at radius 1 is 0.882 bits per heavy atom. The first-order chi connectivity index (χ1) is 16.4. The van der Waals surface area contributed by atoms with Gasteiger partial charge in [0.15, 0.2) is 0 Å². The van der Waals surface area contributed by atoms with Gasteiger partial charge in [-0.3, -0.25) is 15.1 Å². The predicted molar refractivity (Wildman–Crippen MR) is 130 cm³/mol. The van der Waals surface area contributed by atoms with Gasteiger partial charge in [-0.05, 0) is 36.4 Å². The standard InChI is InChI=1S/C25H20ClN3O5/c1-15(30)28-22-13-18-21(14-24(22)32-2)27-11-10-23(18)33-17-8-9-20(19(26)12-17)29-25(31)34-16-6-4-3-5-7-16/h3-14H,1-2H3,(H,28,30)(H,29,31). The summed E-state index contributed by atoms with van der Waals surface area (Å²) in [6.07, 6.45) is 0.938. The third kappa shape index (κ3) is 5.36. The molecular formula is C25H20ClN3O5. The molecule has 1 aromatic heterocycles. The van der Waals surface area contributed by atoms with Crippen LogP contribution in [0.3, 0.4) is 0 Å². The maximum Gasteiger partial charge on any atom is 0.417 e. The van der Waals surface area contributed by atoms with Crippen LogP contribution in [0, 0.1) is 0 Å². The van der Waals surface area contributed by atoms with Crippen LogP contribution in [0.15, 0.2) is 72.9 Å². The molecule has 0 fully saturated rings. The highest BCUT2D eigenvalue weighted by molar-refractivity contribution is 6.33. The molecule has 34 heavy (non-hydrogen) atoms. The van der Waals surface area contributed by atoms with E-state index in [2.05, 4.69) is 15.6 Å². The fourth-order valence-corrected chi connectivity index (χ4v) is 3.43. The third-order valence-electron chi connectivity index (χ3n) is 4.69. The van der Waals surface area contributed by atoms with E-state index in [1.165, 1.54) is 14.0 Å². The number of para-hydroxylation sites is 1. The molecule has 4 aromatic rings. The van der Waals surface area contributed by atoms with Crippen molar-refractivity contribution in [2.75, 3.05) is 17.7 Å². The number of nitrogens with one attached hydrogen (secondary N) is 2. The van der Waals surface area contributed by atoms with Gasteiger partial charge in [-0.1, -0.05) is 29.8 Å². The molecule has 0 bridgehead atoms. The lowest BCUT2D eigenvalue weighted by Crippen LogP contribution is -2.16. The molecule has 0 aliphatic heterocycles. The van der Waals surface area contributed by atoms with Crippen LogP contribution in [0.2, 0.25) is 5.02 Å². The van der Waals surface area contributed by atoms with E-state index in [4.69, 9.17) is 25.8 Å². The fourth-order valence-electron chi connectivity index (χ4n) is 3.21. The molecule has 0 atom stereocenters. The maximum atomic E-state index is 12.1. The minimum Gasteiger partial charge on any atom is -0.494 e. The number of benzene rings is 3. The molecule has 8 nitrogen and oxygen atoms in total. The summed E-state index contributed by atoms with van der Waals surface area (Å²) in [6.45, 7) is 1.41. The van der Waals surface area contributed by atoms with Crippen LogP contribution in [-0.4, -0.2) is 24.1 Å². The quantitative estimate of drug-likeness (QED) is 0.340. The number of aromatic nitrogens is 1. The predicted octanol–water partition coefficient (Wildman–Crippen LogP) is 6.26. The Kier molecular flexibility index (Phi) is 6.79. The van der Waals surface area contributed by atoms with Crippen LogP contribution in [0.4, 0.5) is 16.2 Å². The monoisotopic (exact) mass is 477 g/mol. The van der Waals surface area contributed by atoms with Gasteiger partial charge in [-0.15, -0.1) is 0 Å². The van der Waals surface area contributed by atoms with Crippen LogP contribution in [0.25, 0.3) is 10.9 Å². The van der Waals surface area contributed by atoms with Gasteiger partial charge in [-0.2, -0.15) is 0 Å². The van der Waals surface area contributed by atoms with Gasteiger partial charge in [0.25, 0.3) is 0 Å². The number of amides is 2. The molecule has 0 saturated carbocycles. The van der Waals surface area contributed by atoms with Crippen molar-refractivity contribution in [3.63, 3.8) is 0 Å². The molecule has 0 saturated heterocycles. The van der Waals surface area contributed by atoms with Crippen molar-refractivity contribution >= 4 is 45.9 Å². The first kappa shape index (κ1) is 22.9. The van der Waals surface area contributed by atoms with Crippen molar-refractivity contribution in [3.05, 3.63) is 77.9 Å². The number of pyridine rings is 1. The second kappa shape index (κ2) is 10.1. The highest BCUT2D eigenvalue weighted by Gasteiger charge is 2.13. The number of carbonyl (C=O) groups is 2. The van der Waals surface area contributed by atoms with E-state index in [0.29, 0.717) is 45.3 Å². The first-order valence-electron chi connectivity index (χ1n) is 10.2. The number of anilines is 2. The summed E-state index contributed by atoms with van der Waals surface area (Å²) in [7, 11) is 1.51. The zero-order chi connectivity index (χ0) is 24.1. The van der Waals surface area contributed by atoms with Crippen LogP contribution >= 0.6 is 11.6 Å². The van der Waals surface area contributed by atoms with E-state index < -0.39 is 6.09 Å². The highest BCUT2D eigenvalue weighted by Crippen LogP contribution is 2.37. The summed E-state index contributed by atoms with van der Waals surface area (Å²) in [5, 5.41) is 6.27. The van der Waals surface area contributed by atoms with Gasteiger partial charge in [0.1, 0.15) is 23.0 Å². The average Bonchev–Trinajstić information content (AvgIpc) is 2.81. The molecule has 0 unspecified atom stereocenters. The fraction of sp³-hybridized carbons (Fsp3) is 0.0800. The Morgan fingerprint density at radius 3 is 2.38 bits per heavy atom. The second-order valence-corrected chi connectivity index (χ2v) is 7.54. The molecule has 172 valence electrons. The zero-order valence-electron chi connectivity index (χ0n) is 18.3. The van der Waals surface area contributed by atoms with Crippen molar-refractivity contribution in [1.82, 2.24) is 4.98 Å². The van der Waals surface area contributed by atoms with Gasteiger partial charge in [0.05, 0.1) is 29.0 Å². The summed E-state index contributed by atoms with van der Waals surface area (Å²) in [5.74, 6) is 1.60. The SMILES string of the molecule is COc1cc2nccc(Oc3ccc(NC(=O)Oc4ccccc4)c(Cl)c3)c2cc1NC(C)=O. The molecule has 2 amide bonds. The van der Waals surface area contributed by atoms with Crippen molar-refractivity contribution < 1.29 is 23.8 Å². The molecule has 9 heteroatoms. The number of halogens is 1. The smallest absolute Gasteiger partial charge is 0.417 e. The number of nitrogens with zero attached hydrogens (tertiary/aromatic N) is 1. The van der Waals surface area contributed by atoms with Crippen molar-refractivity contribution in [3.8, 4) is 23.0 Å². The van der Waals surface area contributed by atoms with E-state index in [1.807, 2.05) is 6.07 Å². The molecular weight excluding hydrogens is 458 g/mol. The van der Waals surface area contributed by atoms with Crippen molar-refractivity contribution in [1.29, 1.82) is 0 Å². The van der Waals surface area contributed by atoms with Gasteiger partial charge in [0.2, 0.25) is 5.91 Å². The largest absolute Gasteiger partial charge is 0.494 e. The number of hydrogen-bond donors (Lipinski definition) is 2. The Morgan fingerprint density at radius 2 is 1.68 bits per heavy atom. The molecule has 0 radical (unpaired) electrons. The minimum absolute atomic E-state index is 0.232. The minimum atomic E-state index is -0.665. The molecule has 0 aliphatic carbocycles. The Balaban J connectivity index is 1.55. The van der Waals surface area contributed by atoms with Gasteiger partial charge in [0, 0.05) is 30.6 Å². The van der Waals surface area contributed by atoms with Crippen molar-refractivity contribution in [2.24, 2.45) is 0 Å². The summed E-state index contributed by atoms with van der Waals surface area (Å²) in [6, 6.07) is 18.7. The third-order valence-corrected chi connectivity index (χ3v) is 5.01. The van der Waals surface area contributed by atoms with Crippen molar-refractivity contribution in [2.45, 2.75) is 6.92 Å². The first-order valence-corrected chi connectivity index (χ1v) is 10.6. The molecule has 3 aromatic carbocycles. The zero-order valence-corrected chi connectivity index (χ0v) is 19.1. The molecule has 0 aliphatic rings. The topological polar surface area (TPSA) is 98.8 Å². The molecule has 0 spiro atoms. The van der Waals surface area contributed by atoms with E-state index in [0.717, 1.165) is 0 Å². The normalized spacial score (nSPS) is 10.4.